The third kappa shape index (κ3) is 2.67. The van der Waals surface area contributed by atoms with Gasteiger partial charge in [0.15, 0.2) is 0 Å². The smallest absolute Gasteiger partial charge is 0.225 e. The molecule has 3 nitrogen and oxygen atoms in total. The molecule has 0 atom stereocenters. The fourth-order valence-corrected chi connectivity index (χ4v) is 2.01. The van der Waals surface area contributed by atoms with E-state index in [4.69, 9.17) is 0 Å². The Morgan fingerprint density at radius 3 is 2.47 bits per heavy atom. The summed E-state index contributed by atoms with van der Waals surface area (Å²) in [5, 5.41) is 6.12. The van der Waals surface area contributed by atoms with E-state index in [1.54, 1.807) is 0 Å². The first kappa shape index (κ1) is 12.1. The minimum Gasteiger partial charge on any atom is -0.352 e. The third-order valence-corrected chi connectivity index (χ3v) is 3.56. The predicted octanol–water partition coefficient (Wildman–Crippen LogP) is 1.45. The van der Waals surface area contributed by atoms with Crippen molar-refractivity contribution in [3.63, 3.8) is 0 Å². The second-order valence-electron chi connectivity index (χ2n) is 4.94. The molecule has 2 rings (SSSR count). The Hall–Kier alpha value is -1.35. The van der Waals surface area contributed by atoms with Crippen molar-refractivity contribution in [2.45, 2.75) is 27.3 Å². The Labute approximate surface area is 103 Å². The van der Waals surface area contributed by atoms with Gasteiger partial charge in [0.1, 0.15) is 0 Å². The number of hydrogen-bond donors (Lipinski definition) is 2. The van der Waals surface area contributed by atoms with Crippen LogP contribution >= 0.6 is 0 Å². The molecule has 0 bridgehead atoms. The average molecular weight is 232 g/mol. The van der Waals surface area contributed by atoms with Crippen LogP contribution in [0.3, 0.4) is 0 Å². The summed E-state index contributed by atoms with van der Waals surface area (Å²) >= 11 is 0. The van der Waals surface area contributed by atoms with Gasteiger partial charge < -0.3 is 10.6 Å². The maximum atomic E-state index is 11.7. The molecule has 1 saturated heterocycles. The molecule has 3 heteroatoms. The molecule has 1 aromatic carbocycles. The summed E-state index contributed by atoms with van der Waals surface area (Å²) in [4.78, 5) is 11.7. The van der Waals surface area contributed by atoms with E-state index in [1.165, 1.54) is 22.3 Å². The summed E-state index contributed by atoms with van der Waals surface area (Å²) in [7, 11) is 0. The minimum absolute atomic E-state index is 0.168. The molecule has 1 amide bonds. The molecule has 0 radical (unpaired) electrons. The van der Waals surface area contributed by atoms with Gasteiger partial charge in [0.05, 0.1) is 5.92 Å². The van der Waals surface area contributed by atoms with Gasteiger partial charge in [-0.05, 0) is 43.0 Å². The van der Waals surface area contributed by atoms with Crippen LogP contribution < -0.4 is 10.6 Å². The van der Waals surface area contributed by atoms with E-state index in [2.05, 4.69) is 43.5 Å². The van der Waals surface area contributed by atoms with Crippen LogP contribution in [-0.2, 0) is 11.3 Å². The van der Waals surface area contributed by atoms with Crippen LogP contribution in [0, 0.1) is 26.7 Å². The molecule has 0 unspecified atom stereocenters. The molecule has 1 aliphatic heterocycles. The van der Waals surface area contributed by atoms with E-state index in [-0.39, 0.29) is 11.8 Å². The summed E-state index contributed by atoms with van der Waals surface area (Å²) in [6.45, 7) is 8.59. The highest BCUT2D eigenvalue weighted by Crippen LogP contribution is 2.15. The summed E-state index contributed by atoms with van der Waals surface area (Å²) in [5.74, 6) is 0.336. The summed E-state index contributed by atoms with van der Waals surface area (Å²) in [6, 6.07) is 4.35. The van der Waals surface area contributed by atoms with Crippen molar-refractivity contribution in [1.82, 2.24) is 10.6 Å². The second kappa shape index (κ2) is 4.88. The number of aryl methyl sites for hydroxylation is 3. The van der Waals surface area contributed by atoms with Gasteiger partial charge in [0.25, 0.3) is 0 Å². The van der Waals surface area contributed by atoms with Gasteiger partial charge in [-0.2, -0.15) is 0 Å². The zero-order valence-electron chi connectivity index (χ0n) is 10.8. The van der Waals surface area contributed by atoms with Crippen LogP contribution in [0.4, 0.5) is 0 Å². The summed E-state index contributed by atoms with van der Waals surface area (Å²) in [5.41, 5.74) is 5.06. The standard InChI is InChI=1S/C14H20N2O/c1-9-4-11(3)12(5-10(9)2)8-16-14(17)13-6-15-7-13/h4-5,13,15H,6-8H2,1-3H3,(H,16,17). The van der Waals surface area contributed by atoms with Gasteiger partial charge in [-0.3, -0.25) is 4.79 Å². The van der Waals surface area contributed by atoms with Crippen LogP contribution in [0.15, 0.2) is 12.1 Å². The Balaban J connectivity index is 1.98. The minimum atomic E-state index is 0.168. The van der Waals surface area contributed by atoms with Crippen LogP contribution in [0.5, 0.6) is 0 Å². The zero-order chi connectivity index (χ0) is 12.4. The van der Waals surface area contributed by atoms with Crippen molar-refractivity contribution in [2.24, 2.45) is 5.92 Å². The normalized spacial score (nSPS) is 15.5. The number of hydrogen-bond acceptors (Lipinski definition) is 2. The van der Waals surface area contributed by atoms with E-state index in [0.29, 0.717) is 6.54 Å². The largest absolute Gasteiger partial charge is 0.352 e. The fourth-order valence-electron chi connectivity index (χ4n) is 2.01. The van der Waals surface area contributed by atoms with Crippen molar-refractivity contribution in [3.05, 3.63) is 34.4 Å². The van der Waals surface area contributed by atoms with Gasteiger partial charge in [-0.25, -0.2) is 0 Å². The molecule has 17 heavy (non-hydrogen) atoms. The Morgan fingerprint density at radius 2 is 1.88 bits per heavy atom. The lowest BCUT2D eigenvalue weighted by Crippen LogP contribution is -2.50. The van der Waals surface area contributed by atoms with Gasteiger partial charge in [0.2, 0.25) is 5.91 Å². The lowest BCUT2D eigenvalue weighted by atomic mass is 10.00. The van der Waals surface area contributed by atoms with Crippen molar-refractivity contribution in [3.8, 4) is 0 Å². The van der Waals surface area contributed by atoms with Gasteiger partial charge in [-0.15, -0.1) is 0 Å². The molecule has 1 fully saturated rings. The molecule has 0 aliphatic carbocycles. The van der Waals surface area contributed by atoms with Gasteiger partial charge in [-0.1, -0.05) is 12.1 Å². The number of amides is 1. The summed E-state index contributed by atoms with van der Waals surface area (Å²) in [6.07, 6.45) is 0. The van der Waals surface area contributed by atoms with E-state index in [1.807, 2.05) is 0 Å². The highest BCUT2D eigenvalue weighted by molar-refractivity contribution is 5.80. The zero-order valence-corrected chi connectivity index (χ0v) is 10.8. The van der Waals surface area contributed by atoms with Gasteiger partial charge >= 0.3 is 0 Å². The number of benzene rings is 1. The molecule has 0 spiro atoms. The number of carbonyl (C=O) groups excluding carboxylic acids is 1. The molecule has 92 valence electrons. The molecule has 0 aromatic heterocycles. The van der Waals surface area contributed by atoms with Gasteiger partial charge in [0, 0.05) is 19.6 Å². The van der Waals surface area contributed by atoms with E-state index in [0.717, 1.165) is 13.1 Å². The number of nitrogens with one attached hydrogen (secondary N) is 2. The maximum absolute atomic E-state index is 11.7. The molecular weight excluding hydrogens is 212 g/mol. The molecule has 2 N–H and O–H groups in total. The quantitative estimate of drug-likeness (QED) is 0.828. The molecular formula is C14H20N2O. The van der Waals surface area contributed by atoms with E-state index in [9.17, 15) is 4.79 Å². The first-order valence-electron chi connectivity index (χ1n) is 6.13. The Kier molecular flexibility index (Phi) is 3.48. The van der Waals surface area contributed by atoms with Crippen molar-refractivity contribution < 1.29 is 4.79 Å². The highest BCUT2D eigenvalue weighted by atomic mass is 16.2. The lowest BCUT2D eigenvalue weighted by Gasteiger charge is -2.26. The fraction of sp³-hybridized carbons (Fsp3) is 0.500. The molecule has 1 aromatic rings. The topological polar surface area (TPSA) is 41.1 Å². The van der Waals surface area contributed by atoms with E-state index >= 15 is 0 Å². The monoisotopic (exact) mass is 232 g/mol. The SMILES string of the molecule is Cc1cc(C)c(CNC(=O)C2CNC2)cc1C. The van der Waals surface area contributed by atoms with E-state index < -0.39 is 0 Å². The third-order valence-electron chi connectivity index (χ3n) is 3.56. The van der Waals surface area contributed by atoms with Crippen LogP contribution in [-0.4, -0.2) is 19.0 Å². The van der Waals surface area contributed by atoms with Crippen LogP contribution in [0.25, 0.3) is 0 Å². The Bertz CT molecular complexity index is 436. The highest BCUT2D eigenvalue weighted by Gasteiger charge is 2.24. The van der Waals surface area contributed by atoms with Crippen LogP contribution in [0.2, 0.25) is 0 Å². The average Bonchev–Trinajstić information content (AvgIpc) is 2.19. The van der Waals surface area contributed by atoms with Crippen molar-refractivity contribution in [1.29, 1.82) is 0 Å². The van der Waals surface area contributed by atoms with Crippen molar-refractivity contribution >= 4 is 5.91 Å². The maximum Gasteiger partial charge on any atom is 0.225 e. The number of carbonyl (C=O) groups is 1. The molecule has 1 aliphatic rings. The summed E-state index contributed by atoms with van der Waals surface area (Å²) < 4.78 is 0. The van der Waals surface area contributed by atoms with Crippen LogP contribution in [0.1, 0.15) is 22.3 Å². The predicted molar refractivity (Wildman–Crippen MR) is 68.9 cm³/mol. The second-order valence-corrected chi connectivity index (χ2v) is 4.94. The molecule has 1 heterocycles. The lowest BCUT2D eigenvalue weighted by molar-refractivity contribution is -0.126. The first-order chi connectivity index (χ1) is 8.08. The Morgan fingerprint density at radius 1 is 1.24 bits per heavy atom. The molecule has 0 saturated carbocycles. The van der Waals surface area contributed by atoms with Crippen molar-refractivity contribution in [2.75, 3.05) is 13.1 Å². The number of rotatable bonds is 3. The first-order valence-corrected chi connectivity index (χ1v) is 6.13.